The van der Waals surface area contributed by atoms with Crippen LogP contribution in [0.15, 0.2) is 18.2 Å². The van der Waals surface area contributed by atoms with E-state index in [1.54, 1.807) is 0 Å². The van der Waals surface area contributed by atoms with Gasteiger partial charge in [0.25, 0.3) is 0 Å². The summed E-state index contributed by atoms with van der Waals surface area (Å²) in [4.78, 5) is 2.26. The second kappa shape index (κ2) is 6.28. The van der Waals surface area contributed by atoms with Crippen LogP contribution in [0.3, 0.4) is 0 Å². The lowest BCUT2D eigenvalue weighted by atomic mass is 10.1. The summed E-state index contributed by atoms with van der Waals surface area (Å²) in [6.45, 7) is 7.33. The fourth-order valence-corrected chi connectivity index (χ4v) is 2.53. The normalized spacial score (nSPS) is 16.0. The zero-order chi connectivity index (χ0) is 14.7. The summed E-state index contributed by atoms with van der Waals surface area (Å²) in [5, 5.41) is 12.8. The van der Waals surface area contributed by atoms with Crippen molar-refractivity contribution >= 4 is 5.69 Å². The first-order chi connectivity index (χ1) is 9.52. The van der Waals surface area contributed by atoms with Gasteiger partial charge >= 0.3 is 0 Å². The molecule has 1 saturated carbocycles. The Morgan fingerprint density at radius 2 is 2.05 bits per heavy atom. The van der Waals surface area contributed by atoms with Crippen molar-refractivity contribution in [1.29, 1.82) is 5.26 Å². The average Bonchev–Trinajstić information content (AvgIpc) is 3.27. The van der Waals surface area contributed by atoms with Crippen LogP contribution in [-0.2, 0) is 6.54 Å². The molecule has 1 fully saturated rings. The van der Waals surface area contributed by atoms with Crippen molar-refractivity contribution in [3.05, 3.63) is 29.3 Å². The largest absolute Gasteiger partial charge is 0.371 e. The van der Waals surface area contributed by atoms with Crippen LogP contribution in [0.4, 0.5) is 5.69 Å². The lowest BCUT2D eigenvalue weighted by molar-refractivity contribution is 0.588. The molecule has 2 rings (SSSR count). The van der Waals surface area contributed by atoms with Gasteiger partial charge in [-0.3, -0.25) is 0 Å². The maximum atomic E-state index is 9.41. The fraction of sp³-hybridized carbons (Fsp3) is 0.588. The van der Waals surface area contributed by atoms with Crippen molar-refractivity contribution in [2.75, 3.05) is 11.9 Å². The van der Waals surface area contributed by atoms with Crippen molar-refractivity contribution < 1.29 is 0 Å². The lowest BCUT2D eigenvalue weighted by Gasteiger charge is -2.28. The smallest absolute Gasteiger partial charge is 0.101 e. The molecule has 1 aromatic carbocycles. The Bertz CT molecular complexity index is 497. The first-order valence-corrected chi connectivity index (χ1v) is 7.52. The highest BCUT2D eigenvalue weighted by Crippen LogP contribution is 2.37. The Balaban J connectivity index is 2.15. The second-order valence-corrected chi connectivity index (χ2v) is 6.19. The molecule has 0 aliphatic heterocycles. The number of benzene rings is 1. The Morgan fingerprint density at radius 1 is 1.35 bits per heavy atom. The molecule has 0 spiro atoms. The molecule has 1 N–H and O–H groups in total. The van der Waals surface area contributed by atoms with E-state index in [1.165, 1.54) is 18.4 Å². The van der Waals surface area contributed by atoms with E-state index >= 15 is 0 Å². The maximum absolute atomic E-state index is 9.41. The van der Waals surface area contributed by atoms with Crippen LogP contribution in [0.5, 0.6) is 0 Å². The van der Waals surface area contributed by atoms with Crippen LogP contribution in [-0.4, -0.2) is 19.1 Å². The van der Waals surface area contributed by atoms with E-state index in [0.717, 1.165) is 23.7 Å². The third-order valence-corrected chi connectivity index (χ3v) is 4.19. The molecule has 3 heteroatoms. The molecule has 0 saturated heterocycles. The number of nitriles is 1. The van der Waals surface area contributed by atoms with E-state index in [1.807, 2.05) is 6.07 Å². The molecule has 1 atom stereocenters. The molecular formula is C17H25N3. The van der Waals surface area contributed by atoms with Crippen LogP contribution >= 0.6 is 0 Å². The van der Waals surface area contributed by atoms with E-state index in [2.05, 4.69) is 56.2 Å². The van der Waals surface area contributed by atoms with Crippen molar-refractivity contribution in [3.8, 4) is 6.07 Å². The van der Waals surface area contributed by atoms with E-state index in [4.69, 9.17) is 0 Å². The third-order valence-electron chi connectivity index (χ3n) is 4.19. The maximum Gasteiger partial charge on any atom is 0.101 e. The predicted octanol–water partition coefficient (Wildman–Crippen LogP) is 3.29. The van der Waals surface area contributed by atoms with Crippen LogP contribution < -0.4 is 10.2 Å². The van der Waals surface area contributed by atoms with Gasteiger partial charge in [-0.15, -0.1) is 0 Å². The summed E-state index contributed by atoms with van der Waals surface area (Å²) in [7, 11) is 2.10. The van der Waals surface area contributed by atoms with Gasteiger partial charge in [0.15, 0.2) is 0 Å². The summed E-state index contributed by atoms with van der Waals surface area (Å²) in [6, 6.07) is 9.55. The molecule has 1 unspecified atom stereocenters. The highest BCUT2D eigenvalue weighted by molar-refractivity contribution is 5.60. The molecule has 0 amide bonds. The second-order valence-electron chi connectivity index (χ2n) is 6.19. The summed E-state index contributed by atoms with van der Waals surface area (Å²) < 4.78 is 0. The van der Waals surface area contributed by atoms with E-state index in [0.29, 0.717) is 12.1 Å². The van der Waals surface area contributed by atoms with Crippen molar-refractivity contribution in [2.45, 2.75) is 52.2 Å². The summed E-state index contributed by atoms with van der Waals surface area (Å²) >= 11 is 0. The Hall–Kier alpha value is -1.53. The van der Waals surface area contributed by atoms with Gasteiger partial charge in [0.05, 0.1) is 11.3 Å². The number of rotatable bonds is 6. The molecule has 108 valence electrons. The van der Waals surface area contributed by atoms with Gasteiger partial charge in [0, 0.05) is 25.7 Å². The zero-order valence-electron chi connectivity index (χ0n) is 13.0. The van der Waals surface area contributed by atoms with Gasteiger partial charge < -0.3 is 10.2 Å². The first kappa shape index (κ1) is 14.9. The topological polar surface area (TPSA) is 39.1 Å². The molecule has 0 heterocycles. The van der Waals surface area contributed by atoms with E-state index < -0.39 is 0 Å². The Morgan fingerprint density at radius 3 is 2.60 bits per heavy atom. The Kier molecular flexibility index (Phi) is 4.67. The molecule has 3 nitrogen and oxygen atoms in total. The number of nitrogens with one attached hydrogen (secondary N) is 1. The predicted molar refractivity (Wildman–Crippen MR) is 83.7 cm³/mol. The highest BCUT2D eigenvalue weighted by Gasteiger charge is 2.31. The molecule has 1 aliphatic rings. The molecular weight excluding hydrogens is 246 g/mol. The van der Waals surface area contributed by atoms with Crippen LogP contribution in [0.25, 0.3) is 0 Å². The highest BCUT2D eigenvalue weighted by atomic mass is 15.1. The van der Waals surface area contributed by atoms with Gasteiger partial charge in [-0.1, -0.05) is 19.9 Å². The zero-order valence-corrected chi connectivity index (χ0v) is 13.0. The van der Waals surface area contributed by atoms with Gasteiger partial charge in [-0.05, 0) is 43.4 Å². The Labute approximate surface area is 122 Å². The van der Waals surface area contributed by atoms with E-state index in [-0.39, 0.29) is 0 Å². The third kappa shape index (κ3) is 3.52. The molecule has 20 heavy (non-hydrogen) atoms. The number of anilines is 1. The van der Waals surface area contributed by atoms with Crippen LogP contribution in [0, 0.1) is 17.2 Å². The number of hydrogen-bond acceptors (Lipinski definition) is 3. The number of nitrogens with zero attached hydrogens (tertiary/aromatic N) is 2. The number of hydrogen-bond donors (Lipinski definition) is 1. The fourth-order valence-electron chi connectivity index (χ4n) is 2.53. The standard InChI is InChI=1S/C17H25N3/c1-12(2)19-11-14-5-8-17(16(9-14)10-18)20(4)13(3)15-6-7-15/h5,8-9,12-13,15,19H,6-7,11H2,1-4H3. The van der Waals surface area contributed by atoms with E-state index in [9.17, 15) is 5.26 Å². The van der Waals surface area contributed by atoms with Gasteiger partial charge in [-0.2, -0.15) is 5.26 Å². The van der Waals surface area contributed by atoms with Crippen molar-refractivity contribution in [3.63, 3.8) is 0 Å². The van der Waals surface area contributed by atoms with Crippen molar-refractivity contribution in [2.24, 2.45) is 5.92 Å². The van der Waals surface area contributed by atoms with Crippen molar-refractivity contribution in [1.82, 2.24) is 5.32 Å². The minimum Gasteiger partial charge on any atom is -0.371 e. The van der Waals surface area contributed by atoms with Crippen LogP contribution in [0.1, 0.15) is 44.7 Å². The molecule has 1 aliphatic carbocycles. The quantitative estimate of drug-likeness (QED) is 0.863. The van der Waals surface area contributed by atoms with Gasteiger partial charge in [0.2, 0.25) is 0 Å². The minimum atomic E-state index is 0.456. The SMILES string of the molecule is CC(C)NCc1ccc(N(C)C(C)C2CC2)c(C#N)c1. The molecule has 0 aromatic heterocycles. The molecule has 0 bridgehead atoms. The summed E-state index contributed by atoms with van der Waals surface area (Å²) in [6.07, 6.45) is 2.65. The van der Waals surface area contributed by atoms with Crippen LogP contribution in [0.2, 0.25) is 0 Å². The lowest BCUT2D eigenvalue weighted by Crippen LogP contribution is -2.31. The summed E-state index contributed by atoms with van der Waals surface area (Å²) in [5.41, 5.74) is 3.01. The molecule has 1 aromatic rings. The molecule has 0 radical (unpaired) electrons. The monoisotopic (exact) mass is 271 g/mol. The summed E-state index contributed by atoms with van der Waals surface area (Å²) in [5.74, 6) is 0.800. The van der Waals surface area contributed by atoms with Gasteiger partial charge in [0.1, 0.15) is 6.07 Å². The first-order valence-electron chi connectivity index (χ1n) is 7.52. The van der Waals surface area contributed by atoms with Gasteiger partial charge in [-0.25, -0.2) is 0 Å². The average molecular weight is 271 g/mol. The minimum absolute atomic E-state index is 0.456.